The highest BCUT2D eigenvalue weighted by Crippen LogP contribution is 2.38. The number of hydrogen-bond acceptors (Lipinski definition) is 10. The van der Waals surface area contributed by atoms with Gasteiger partial charge >= 0.3 is 0 Å². The summed E-state index contributed by atoms with van der Waals surface area (Å²) in [5.41, 5.74) is 3.22. The van der Waals surface area contributed by atoms with E-state index in [1.54, 1.807) is 84.9 Å². The summed E-state index contributed by atoms with van der Waals surface area (Å²) in [6, 6.07) is 33.2. The Balaban J connectivity index is 1.33. The number of benzene rings is 4. The van der Waals surface area contributed by atoms with Crippen molar-refractivity contribution in [1.82, 2.24) is 0 Å². The summed E-state index contributed by atoms with van der Waals surface area (Å²) in [6.45, 7) is 26.6. The van der Waals surface area contributed by atoms with Crippen molar-refractivity contribution in [3.05, 3.63) is 154 Å². The van der Waals surface area contributed by atoms with Crippen LogP contribution >= 0.6 is 0 Å². The summed E-state index contributed by atoms with van der Waals surface area (Å²) in [6.07, 6.45) is 4.67. The quantitative estimate of drug-likeness (QED) is 0.0618. The molecule has 4 rings (SSSR count). The second kappa shape index (κ2) is 20.2. The molecule has 332 valence electrons. The molecule has 0 radical (unpaired) electrons. The highest BCUT2D eigenvalue weighted by atomic mass is 32.2. The molecule has 0 bridgehead atoms. The van der Waals surface area contributed by atoms with Crippen LogP contribution in [-0.4, -0.2) is 65.2 Å². The van der Waals surface area contributed by atoms with Gasteiger partial charge in [0.15, 0.2) is 0 Å². The van der Waals surface area contributed by atoms with Crippen LogP contribution in [0.2, 0.25) is 39.3 Å². The third-order valence-electron chi connectivity index (χ3n) is 11.4. The molecule has 0 spiro atoms. The first kappa shape index (κ1) is 50.5. The molecular formula is C48H58N2O8S2Si3. The summed E-state index contributed by atoms with van der Waals surface area (Å²) in [4.78, 5) is -0.560. The van der Waals surface area contributed by atoms with Gasteiger partial charge in [-0.25, -0.2) is 16.8 Å². The van der Waals surface area contributed by atoms with E-state index in [-0.39, 0.29) is 26.2 Å². The summed E-state index contributed by atoms with van der Waals surface area (Å²) in [5, 5.41) is 19.2. The van der Waals surface area contributed by atoms with Crippen LogP contribution in [0.5, 0.6) is 11.5 Å². The van der Waals surface area contributed by atoms with E-state index in [9.17, 15) is 27.4 Å². The fraction of sp³-hybridized carbons (Fsp3) is 0.292. The molecule has 0 aromatic heterocycles. The molecule has 15 heteroatoms. The van der Waals surface area contributed by atoms with Crippen LogP contribution in [0.1, 0.15) is 38.8 Å². The van der Waals surface area contributed by atoms with Crippen molar-refractivity contribution < 1.29 is 35.2 Å². The van der Waals surface area contributed by atoms with Crippen LogP contribution in [0.25, 0.3) is 12.2 Å². The third kappa shape index (κ3) is 12.8. The van der Waals surface area contributed by atoms with Crippen LogP contribution in [-0.2, 0) is 28.5 Å². The average molecular weight is 939 g/mol. The summed E-state index contributed by atoms with van der Waals surface area (Å²) >= 11 is 0. The van der Waals surface area contributed by atoms with Crippen molar-refractivity contribution in [2.45, 2.75) is 87.2 Å². The Bertz CT molecular complexity index is 2650. The van der Waals surface area contributed by atoms with Gasteiger partial charge in [-0.2, -0.15) is 10.5 Å². The lowest BCUT2D eigenvalue weighted by atomic mass is 10.2. The molecule has 0 aliphatic carbocycles. The molecule has 0 atom stereocenters. The van der Waals surface area contributed by atoms with Gasteiger partial charge in [0.1, 0.15) is 54.7 Å². The van der Waals surface area contributed by atoms with Crippen molar-refractivity contribution in [3.8, 4) is 23.6 Å². The number of sulfone groups is 2. The van der Waals surface area contributed by atoms with Crippen molar-refractivity contribution in [2.75, 3.05) is 13.2 Å². The highest BCUT2D eigenvalue weighted by molar-refractivity contribution is 7.96. The molecular weight excluding hydrogens is 881 g/mol. The van der Waals surface area contributed by atoms with E-state index in [1.165, 1.54) is 36.4 Å². The molecule has 0 amide bonds. The molecule has 0 unspecified atom stereocenters. The van der Waals surface area contributed by atoms with Crippen molar-refractivity contribution in [2.24, 2.45) is 0 Å². The highest BCUT2D eigenvalue weighted by Gasteiger charge is 2.52. The van der Waals surface area contributed by atoms with Gasteiger partial charge in [-0.15, -0.1) is 6.58 Å². The van der Waals surface area contributed by atoms with Crippen LogP contribution in [0.15, 0.2) is 152 Å². The average Bonchev–Trinajstić information content (AvgIpc) is 3.23. The largest absolute Gasteiger partial charge is 0.490 e. The number of nitrogens with zero attached hydrogens (tertiary/aromatic N) is 2. The fourth-order valence-electron chi connectivity index (χ4n) is 6.37. The van der Waals surface area contributed by atoms with Gasteiger partial charge in [0.05, 0.1) is 15.0 Å². The minimum Gasteiger partial charge on any atom is -0.490 e. The van der Waals surface area contributed by atoms with Gasteiger partial charge in [-0.3, -0.25) is 0 Å². The first-order valence-electron chi connectivity index (χ1n) is 20.3. The van der Waals surface area contributed by atoms with E-state index in [1.807, 2.05) is 18.2 Å². The zero-order valence-corrected chi connectivity index (χ0v) is 42.4. The molecule has 10 nitrogen and oxygen atoms in total. The maximum absolute atomic E-state index is 13.0. The Hall–Kier alpha value is -5.11. The molecule has 0 aliphatic rings. The van der Waals surface area contributed by atoms with Crippen molar-refractivity contribution in [1.29, 1.82) is 10.5 Å². The number of nitriles is 2. The Morgan fingerprint density at radius 1 is 0.619 bits per heavy atom. The summed E-state index contributed by atoms with van der Waals surface area (Å²) in [5.74, 6) is 1.19. The minimum atomic E-state index is -3.95. The van der Waals surface area contributed by atoms with Crippen molar-refractivity contribution >= 4 is 56.5 Å². The molecule has 0 saturated heterocycles. The Labute approximate surface area is 377 Å². The van der Waals surface area contributed by atoms with Crippen LogP contribution in [0.3, 0.4) is 0 Å². The van der Waals surface area contributed by atoms with Gasteiger partial charge in [-0.05, 0) is 131 Å². The SMILES string of the molecule is C=C(COc1ccc(/C=C(\C#N)S(=O)(=O)c2ccccc2)cc1)[Si](C)(C)C(C)(C)O[Si](C)(C)C(C)(C)O[Si](C)(C)/C=C/COc1ccc(/C=C(\C#N)S(=O)(=O)c2ccccc2)cc1. The zero-order valence-electron chi connectivity index (χ0n) is 37.8. The first-order chi connectivity index (χ1) is 29.3. The minimum absolute atomic E-state index is 0.0609. The molecule has 0 N–H and O–H groups in total. The summed E-state index contributed by atoms with van der Waals surface area (Å²) in [7, 11) is -15.2. The lowest BCUT2D eigenvalue weighted by Crippen LogP contribution is -2.65. The van der Waals surface area contributed by atoms with Gasteiger partial charge in [0, 0.05) is 5.22 Å². The standard InChI is InChI=1S/C48H58N2O8S2Si3/c1-38(37-56-42-29-25-40(26-30-42)34-46(36-50)60(53,54)44-21-16-13-17-22-44)62(8,9)47(2,3)58-63(10,11)48(4,5)57-61(6,7)32-18-31-55-41-27-23-39(24-28-41)33-45(35-49)59(51,52)43-19-14-12-15-20-43/h12-30,32-34H,1,31,37H2,2-11H3/b32-18+,45-33+,46-34+. The lowest BCUT2D eigenvalue weighted by Gasteiger charge is -2.51. The van der Waals surface area contributed by atoms with E-state index < -0.39 is 54.8 Å². The third-order valence-corrected chi connectivity index (χ3v) is 26.3. The monoisotopic (exact) mass is 938 g/mol. The summed E-state index contributed by atoms with van der Waals surface area (Å²) < 4.78 is 78.1. The van der Waals surface area contributed by atoms with Gasteiger partial charge in [0.25, 0.3) is 0 Å². The smallest absolute Gasteiger partial charge is 0.216 e. The van der Waals surface area contributed by atoms with Crippen LogP contribution in [0.4, 0.5) is 0 Å². The molecule has 0 saturated carbocycles. The van der Waals surface area contributed by atoms with Crippen LogP contribution in [0, 0.1) is 22.7 Å². The molecule has 0 heterocycles. The van der Waals surface area contributed by atoms with Gasteiger partial charge < -0.3 is 18.3 Å². The Morgan fingerprint density at radius 2 is 1.03 bits per heavy atom. The normalized spacial score (nSPS) is 13.6. The predicted molar refractivity (Wildman–Crippen MR) is 259 cm³/mol. The number of ether oxygens (including phenoxy) is 2. The second-order valence-electron chi connectivity index (χ2n) is 17.6. The van der Waals surface area contributed by atoms with Crippen molar-refractivity contribution in [3.63, 3.8) is 0 Å². The molecule has 4 aromatic carbocycles. The Kier molecular flexibility index (Phi) is 16.2. The van der Waals surface area contributed by atoms with E-state index in [0.29, 0.717) is 29.2 Å². The zero-order chi connectivity index (χ0) is 46.9. The Morgan fingerprint density at radius 3 is 1.44 bits per heavy atom. The molecule has 0 aliphatic heterocycles. The second-order valence-corrected chi connectivity index (χ2v) is 34.8. The topological polar surface area (TPSA) is 153 Å². The number of rotatable bonds is 20. The lowest BCUT2D eigenvalue weighted by molar-refractivity contribution is 0.101. The first-order valence-corrected chi connectivity index (χ1v) is 32.2. The molecule has 0 fully saturated rings. The molecule has 63 heavy (non-hydrogen) atoms. The number of allylic oxidation sites excluding steroid dienone is 2. The number of hydrogen-bond donors (Lipinski definition) is 0. The van der Waals surface area contributed by atoms with E-state index in [0.717, 1.165) is 5.20 Å². The van der Waals surface area contributed by atoms with E-state index in [2.05, 4.69) is 79.3 Å². The van der Waals surface area contributed by atoms with E-state index in [4.69, 9.17) is 18.3 Å². The fourth-order valence-corrected chi connectivity index (χ4v) is 17.1. The van der Waals surface area contributed by atoms with Crippen LogP contribution < -0.4 is 9.47 Å². The maximum atomic E-state index is 13.0. The maximum Gasteiger partial charge on any atom is 0.216 e. The van der Waals surface area contributed by atoms with E-state index >= 15 is 0 Å². The van der Waals surface area contributed by atoms with Gasteiger partial charge in [0.2, 0.25) is 36.3 Å². The predicted octanol–water partition coefficient (Wildman–Crippen LogP) is 10.8. The molecule has 4 aromatic rings. The van der Waals surface area contributed by atoms with Gasteiger partial charge in [-0.1, -0.05) is 85.5 Å².